The van der Waals surface area contributed by atoms with Crippen LogP contribution in [0.25, 0.3) is 0 Å². The zero-order valence-corrected chi connectivity index (χ0v) is 11.6. The molecule has 0 aliphatic carbocycles. The number of rotatable bonds is 3. The van der Waals surface area contributed by atoms with Crippen LogP contribution in [-0.2, 0) is 0 Å². The van der Waals surface area contributed by atoms with Crippen LogP contribution in [0.5, 0.6) is 11.6 Å². The zero-order valence-electron chi connectivity index (χ0n) is 10.8. The Morgan fingerprint density at radius 3 is 2.30 bits per heavy atom. The second kappa shape index (κ2) is 5.46. The summed E-state index contributed by atoms with van der Waals surface area (Å²) in [5.74, 6) is -1.54. The summed E-state index contributed by atoms with van der Waals surface area (Å²) >= 11 is 4.95. The second-order valence-electron chi connectivity index (χ2n) is 4.16. The number of thiocarbonyl (C=S) groups is 1. The van der Waals surface area contributed by atoms with E-state index in [4.69, 9.17) is 22.7 Å². The summed E-state index contributed by atoms with van der Waals surface area (Å²) in [5.41, 5.74) is 7.39. The molecular formula is C13H11F2N3OS. The number of hydrogen-bond acceptors (Lipinski definition) is 4. The highest BCUT2D eigenvalue weighted by Crippen LogP contribution is 2.27. The van der Waals surface area contributed by atoms with Gasteiger partial charge in [-0.1, -0.05) is 12.2 Å². The normalized spacial score (nSPS) is 10.4. The predicted molar refractivity (Wildman–Crippen MR) is 73.8 cm³/mol. The van der Waals surface area contributed by atoms with Gasteiger partial charge in [0, 0.05) is 18.2 Å². The molecule has 0 fully saturated rings. The Labute approximate surface area is 119 Å². The molecule has 0 aliphatic heterocycles. The van der Waals surface area contributed by atoms with Gasteiger partial charge in [-0.05, 0) is 19.4 Å². The third-order valence-electron chi connectivity index (χ3n) is 2.72. The SMILES string of the molecule is Cc1nnc(Oc2cc(F)cc(F)c2)c(C(N)=S)c1C. The van der Waals surface area contributed by atoms with Crippen molar-refractivity contribution in [1.82, 2.24) is 10.2 Å². The molecule has 0 atom stereocenters. The van der Waals surface area contributed by atoms with Crippen LogP contribution >= 0.6 is 12.2 Å². The van der Waals surface area contributed by atoms with Crippen LogP contribution < -0.4 is 10.5 Å². The van der Waals surface area contributed by atoms with Gasteiger partial charge in [0.15, 0.2) is 0 Å². The third-order valence-corrected chi connectivity index (χ3v) is 2.92. The van der Waals surface area contributed by atoms with E-state index in [9.17, 15) is 8.78 Å². The molecule has 104 valence electrons. The largest absolute Gasteiger partial charge is 0.437 e. The van der Waals surface area contributed by atoms with Crippen molar-refractivity contribution in [2.24, 2.45) is 5.73 Å². The van der Waals surface area contributed by atoms with E-state index in [2.05, 4.69) is 10.2 Å². The molecule has 1 aromatic heterocycles. The number of nitrogens with zero attached hydrogens (tertiary/aromatic N) is 2. The third kappa shape index (κ3) is 2.88. The number of nitrogens with two attached hydrogens (primary N) is 1. The molecule has 0 aliphatic rings. The Bertz CT molecular complexity index is 671. The van der Waals surface area contributed by atoms with Crippen LogP contribution in [-0.4, -0.2) is 15.2 Å². The van der Waals surface area contributed by atoms with Crippen molar-refractivity contribution in [3.8, 4) is 11.6 Å². The number of aryl methyl sites for hydroxylation is 1. The molecule has 4 nitrogen and oxygen atoms in total. The average Bonchev–Trinajstić information content (AvgIpc) is 2.32. The summed E-state index contributed by atoms with van der Waals surface area (Å²) in [4.78, 5) is 0.0763. The maximum absolute atomic E-state index is 13.1. The van der Waals surface area contributed by atoms with E-state index < -0.39 is 11.6 Å². The van der Waals surface area contributed by atoms with E-state index >= 15 is 0 Å². The van der Waals surface area contributed by atoms with Crippen molar-refractivity contribution in [2.75, 3.05) is 0 Å². The minimum atomic E-state index is -0.756. The van der Waals surface area contributed by atoms with E-state index in [1.54, 1.807) is 13.8 Å². The van der Waals surface area contributed by atoms with Crippen LogP contribution in [0.4, 0.5) is 8.78 Å². The fourth-order valence-corrected chi connectivity index (χ4v) is 1.89. The number of halogens is 2. The number of hydrogen-bond donors (Lipinski definition) is 1. The van der Waals surface area contributed by atoms with E-state index in [1.807, 2.05) is 0 Å². The molecule has 1 heterocycles. The highest BCUT2D eigenvalue weighted by molar-refractivity contribution is 7.80. The first-order valence-corrected chi connectivity index (χ1v) is 6.07. The van der Waals surface area contributed by atoms with Gasteiger partial charge in [-0.25, -0.2) is 8.78 Å². The average molecular weight is 295 g/mol. The van der Waals surface area contributed by atoms with Crippen molar-refractivity contribution < 1.29 is 13.5 Å². The number of aromatic nitrogens is 2. The molecule has 0 saturated heterocycles. The Hall–Kier alpha value is -2.15. The lowest BCUT2D eigenvalue weighted by atomic mass is 10.1. The maximum Gasteiger partial charge on any atom is 0.249 e. The Morgan fingerprint density at radius 1 is 1.15 bits per heavy atom. The van der Waals surface area contributed by atoms with Crippen molar-refractivity contribution in [3.63, 3.8) is 0 Å². The van der Waals surface area contributed by atoms with Crippen molar-refractivity contribution in [3.05, 3.63) is 46.7 Å². The molecule has 0 radical (unpaired) electrons. The highest BCUT2D eigenvalue weighted by Gasteiger charge is 2.16. The number of benzene rings is 1. The summed E-state index contributed by atoms with van der Waals surface area (Å²) in [6.07, 6.45) is 0. The lowest BCUT2D eigenvalue weighted by molar-refractivity contribution is 0.442. The molecule has 0 amide bonds. The van der Waals surface area contributed by atoms with Crippen molar-refractivity contribution in [1.29, 1.82) is 0 Å². The summed E-state index contributed by atoms with van der Waals surface area (Å²) < 4.78 is 31.6. The van der Waals surface area contributed by atoms with E-state index in [1.165, 1.54) is 0 Å². The fraction of sp³-hybridized carbons (Fsp3) is 0.154. The van der Waals surface area contributed by atoms with Gasteiger partial charge in [-0.15, -0.1) is 5.10 Å². The molecule has 1 aromatic carbocycles. The summed E-state index contributed by atoms with van der Waals surface area (Å²) in [5, 5.41) is 7.72. The summed E-state index contributed by atoms with van der Waals surface area (Å²) in [6, 6.07) is 2.81. The van der Waals surface area contributed by atoms with E-state index in [0.717, 1.165) is 18.2 Å². The van der Waals surface area contributed by atoms with Gasteiger partial charge in [0.05, 0.1) is 11.3 Å². The molecule has 2 rings (SSSR count). The molecule has 0 unspecified atom stereocenters. The van der Waals surface area contributed by atoms with Crippen LogP contribution in [0.1, 0.15) is 16.8 Å². The standard InChI is InChI=1S/C13H11F2N3OS/c1-6-7(2)17-18-13(11(6)12(16)20)19-10-4-8(14)3-9(15)5-10/h3-5H,1-2H3,(H2,16,20). The fourth-order valence-electron chi connectivity index (χ4n) is 1.65. The van der Waals surface area contributed by atoms with Crippen LogP contribution in [0.15, 0.2) is 18.2 Å². The lowest BCUT2D eigenvalue weighted by Gasteiger charge is -2.12. The Balaban J connectivity index is 2.48. The monoisotopic (exact) mass is 295 g/mol. The van der Waals surface area contributed by atoms with E-state index in [-0.39, 0.29) is 16.6 Å². The summed E-state index contributed by atoms with van der Waals surface area (Å²) in [6.45, 7) is 3.51. The molecule has 0 saturated carbocycles. The second-order valence-corrected chi connectivity index (χ2v) is 4.60. The lowest BCUT2D eigenvalue weighted by Crippen LogP contribution is -2.15. The smallest absolute Gasteiger partial charge is 0.249 e. The Kier molecular flexibility index (Phi) is 3.89. The topological polar surface area (TPSA) is 61.0 Å². The molecule has 2 N–H and O–H groups in total. The van der Waals surface area contributed by atoms with Gasteiger partial charge in [-0.2, -0.15) is 5.10 Å². The predicted octanol–water partition coefficient (Wildman–Crippen LogP) is 2.80. The first-order chi connectivity index (χ1) is 9.38. The van der Waals surface area contributed by atoms with Crippen molar-refractivity contribution in [2.45, 2.75) is 13.8 Å². The first-order valence-electron chi connectivity index (χ1n) is 5.66. The van der Waals surface area contributed by atoms with Crippen molar-refractivity contribution >= 4 is 17.2 Å². The van der Waals surface area contributed by atoms with Gasteiger partial charge in [0.2, 0.25) is 5.88 Å². The molecule has 20 heavy (non-hydrogen) atoms. The molecular weight excluding hydrogens is 284 g/mol. The van der Waals surface area contributed by atoms with Crippen LogP contribution in [0, 0.1) is 25.5 Å². The quantitative estimate of drug-likeness (QED) is 0.882. The van der Waals surface area contributed by atoms with E-state index in [0.29, 0.717) is 16.8 Å². The van der Waals surface area contributed by atoms with Gasteiger partial charge in [-0.3, -0.25) is 0 Å². The Morgan fingerprint density at radius 2 is 1.75 bits per heavy atom. The zero-order chi connectivity index (χ0) is 14.9. The first kappa shape index (κ1) is 14.3. The molecule has 7 heteroatoms. The highest BCUT2D eigenvalue weighted by atomic mass is 32.1. The van der Waals surface area contributed by atoms with Crippen LogP contribution in [0.3, 0.4) is 0 Å². The molecule has 2 aromatic rings. The maximum atomic E-state index is 13.1. The van der Waals surface area contributed by atoms with Gasteiger partial charge in [0.25, 0.3) is 0 Å². The number of ether oxygens (including phenoxy) is 1. The van der Waals surface area contributed by atoms with Gasteiger partial charge < -0.3 is 10.5 Å². The molecule has 0 bridgehead atoms. The minimum absolute atomic E-state index is 0.0191. The van der Waals surface area contributed by atoms with Gasteiger partial charge >= 0.3 is 0 Å². The van der Waals surface area contributed by atoms with Crippen LogP contribution in [0.2, 0.25) is 0 Å². The minimum Gasteiger partial charge on any atom is -0.437 e. The summed E-state index contributed by atoms with van der Waals surface area (Å²) in [7, 11) is 0. The molecule has 0 spiro atoms. The van der Waals surface area contributed by atoms with Gasteiger partial charge in [0.1, 0.15) is 22.4 Å².